The van der Waals surface area contributed by atoms with Crippen LogP contribution in [0.3, 0.4) is 0 Å². The molecule has 1 spiro atoms. The molecular weight excluding hydrogens is 150 g/mol. The standard InChI is InChI=1S/C6H9NO2S/c7-6(4(8)9)1-5(6)2-10-3-5/h1-3,7H2,(H,8,9). The number of hydrogen-bond donors (Lipinski definition) is 2. The van der Waals surface area contributed by atoms with Crippen LogP contribution in [0.4, 0.5) is 0 Å². The first-order valence-corrected chi connectivity index (χ1v) is 4.36. The summed E-state index contributed by atoms with van der Waals surface area (Å²) >= 11 is 1.78. The van der Waals surface area contributed by atoms with E-state index < -0.39 is 11.5 Å². The van der Waals surface area contributed by atoms with Crippen molar-refractivity contribution >= 4 is 17.7 Å². The number of hydrogen-bond acceptors (Lipinski definition) is 3. The lowest BCUT2D eigenvalue weighted by molar-refractivity contribution is -0.140. The number of carboxylic acids is 1. The molecule has 0 aromatic heterocycles. The second-order valence-corrected chi connectivity index (χ2v) is 4.21. The Balaban J connectivity index is 2.16. The van der Waals surface area contributed by atoms with Gasteiger partial charge in [0.1, 0.15) is 5.54 Å². The maximum Gasteiger partial charge on any atom is 0.324 e. The monoisotopic (exact) mass is 159 g/mol. The summed E-state index contributed by atoms with van der Waals surface area (Å²) in [6, 6.07) is 0. The van der Waals surface area contributed by atoms with Crippen molar-refractivity contribution in [3.63, 3.8) is 0 Å². The zero-order valence-corrected chi connectivity index (χ0v) is 6.28. The van der Waals surface area contributed by atoms with Crippen LogP contribution < -0.4 is 5.73 Å². The Labute approximate surface area is 63.0 Å². The van der Waals surface area contributed by atoms with Crippen molar-refractivity contribution < 1.29 is 9.90 Å². The van der Waals surface area contributed by atoms with Crippen LogP contribution in [0.1, 0.15) is 6.42 Å². The first-order valence-electron chi connectivity index (χ1n) is 3.21. The summed E-state index contributed by atoms with van der Waals surface area (Å²) in [5.74, 6) is 1.05. The number of aliphatic carboxylic acids is 1. The molecule has 0 bridgehead atoms. The molecule has 0 aromatic rings. The van der Waals surface area contributed by atoms with Gasteiger partial charge < -0.3 is 10.8 Å². The molecule has 0 radical (unpaired) electrons. The van der Waals surface area contributed by atoms with E-state index in [2.05, 4.69) is 0 Å². The van der Waals surface area contributed by atoms with Gasteiger partial charge >= 0.3 is 5.97 Å². The van der Waals surface area contributed by atoms with Crippen LogP contribution in [0.25, 0.3) is 0 Å². The largest absolute Gasteiger partial charge is 0.480 e. The Kier molecular flexibility index (Phi) is 0.978. The van der Waals surface area contributed by atoms with Crippen molar-refractivity contribution in [3.8, 4) is 0 Å². The van der Waals surface area contributed by atoms with Crippen LogP contribution in [0.15, 0.2) is 0 Å². The molecule has 0 aromatic carbocycles. The molecule has 2 aliphatic rings. The molecule has 1 heterocycles. The summed E-state index contributed by atoms with van der Waals surface area (Å²) in [6.07, 6.45) is 0.683. The first-order chi connectivity index (χ1) is 4.61. The molecule has 3 N–H and O–H groups in total. The highest BCUT2D eigenvalue weighted by atomic mass is 32.2. The third kappa shape index (κ3) is 0.499. The summed E-state index contributed by atoms with van der Waals surface area (Å²) in [5, 5.41) is 8.68. The van der Waals surface area contributed by atoms with Gasteiger partial charge in [0.25, 0.3) is 0 Å². The molecule has 1 unspecified atom stereocenters. The van der Waals surface area contributed by atoms with Gasteiger partial charge in [-0.25, -0.2) is 0 Å². The van der Waals surface area contributed by atoms with Crippen LogP contribution >= 0.6 is 11.8 Å². The smallest absolute Gasteiger partial charge is 0.324 e. The zero-order valence-electron chi connectivity index (χ0n) is 5.46. The zero-order chi connectivity index (χ0) is 7.41. The summed E-state index contributed by atoms with van der Waals surface area (Å²) in [7, 11) is 0. The van der Waals surface area contributed by atoms with E-state index >= 15 is 0 Å². The lowest BCUT2D eigenvalue weighted by Gasteiger charge is -2.27. The highest BCUT2D eigenvalue weighted by molar-refractivity contribution is 8.00. The first kappa shape index (κ1) is 6.49. The number of carbonyl (C=O) groups is 1. The molecule has 10 heavy (non-hydrogen) atoms. The Hall–Kier alpha value is -0.220. The summed E-state index contributed by atoms with van der Waals surface area (Å²) in [4.78, 5) is 10.6. The van der Waals surface area contributed by atoms with Crippen molar-refractivity contribution in [2.45, 2.75) is 12.0 Å². The predicted molar refractivity (Wildman–Crippen MR) is 38.9 cm³/mol. The fraction of sp³-hybridized carbons (Fsp3) is 0.833. The second-order valence-electron chi connectivity index (χ2n) is 3.23. The van der Waals surface area contributed by atoms with Gasteiger partial charge in [-0.1, -0.05) is 0 Å². The molecule has 56 valence electrons. The van der Waals surface area contributed by atoms with E-state index in [4.69, 9.17) is 10.8 Å². The minimum atomic E-state index is -0.863. The van der Waals surface area contributed by atoms with Gasteiger partial charge in [-0.2, -0.15) is 11.8 Å². The third-order valence-electron chi connectivity index (χ3n) is 2.58. The topological polar surface area (TPSA) is 63.3 Å². The van der Waals surface area contributed by atoms with Crippen molar-refractivity contribution in [3.05, 3.63) is 0 Å². The number of nitrogens with two attached hydrogens (primary N) is 1. The third-order valence-corrected chi connectivity index (χ3v) is 4.09. The van der Waals surface area contributed by atoms with Gasteiger partial charge in [0.15, 0.2) is 0 Å². The van der Waals surface area contributed by atoms with Gasteiger partial charge in [-0.3, -0.25) is 4.79 Å². The number of rotatable bonds is 1. The Morgan fingerprint density at radius 2 is 2.20 bits per heavy atom. The van der Waals surface area contributed by atoms with Gasteiger partial charge in [-0.05, 0) is 6.42 Å². The maximum atomic E-state index is 10.6. The van der Waals surface area contributed by atoms with Gasteiger partial charge in [0.05, 0.1) is 0 Å². The van der Waals surface area contributed by atoms with Crippen LogP contribution in [-0.4, -0.2) is 28.1 Å². The maximum absolute atomic E-state index is 10.6. The lowest BCUT2D eigenvalue weighted by Crippen LogP contribution is -2.44. The van der Waals surface area contributed by atoms with E-state index in [9.17, 15) is 4.79 Å². The summed E-state index contributed by atoms with van der Waals surface area (Å²) in [5.41, 5.74) is 4.74. The molecule has 2 rings (SSSR count). The molecule has 4 heteroatoms. The summed E-state index contributed by atoms with van der Waals surface area (Å²) in [6.45, 7) is 0. The average molecular weight is 159 g/mol. The van der Waals surface area contributed by atoms with E-state index in [1.807, 2.05) is 0 Å². The normalized spacial score (nSPS) is 40.9. The Bertz CT molecular complexity index is 202. The lowest BCUT2D eigenvalue weighted by atomic mass is 10.0. The molecule has 3 nitrogen and oxygen atoms in total. The molecule has 1 aliphatic carbocycles. The van der Waals surface area contributed by atoms with E-state index in [0.29, 0.717) is 6.42 Å². The van der Waals surface area contributed by atoms with Gasteiger partial charge in [0, 0.05) is 16.9 Å². The molecule has 1 saturated heterocycles. The summed E-state index contributed by atoms with van der Waals surface area (Å²) < 4.78 is 0. The molecule has 2 fully saturated rings. The van der Waals surface area contributed by atoms with Crippen LogP contribution in [0.2, 0.25) is 0 Å². The molecule has 0 amide bonds. The fourth-order valence-corrected chi connectivity index (χ4v) is 2.92. The quantitative estimate of drug-likeness (QED) is 0.561. The second kappa shape index (κ2) is 1.51. The fourth-order valence-electron chi connectivity index (χ4n) is 1.50. The number of thioether (sulfide) groups is 1. The van der Waals surface area contributed by atoms with Crippen molar-refractivity contribution in [1.29, 1.82) is 0 Å². The highest BCUT2D eigenvalue weighted by Gasteiger charge is 2.73. The minimum Gasteiger partial charge on any atom is -0.480 e. The highest BCUT2D eigenvalue weighted by Crippen LogP contribution is 2.63. The average Bonchev–Trinajstić information content (AvgIpc) is 2.37. The van der Waals surface area contributed by atoms with E-state index in [0.717, 1.165) is 11.5 Å². The van der Waals surface area contributed by atoms with Crippen LogP contribution in [-0.2, 0) is 4.79 Å². The molecule has 1 aliphatic heterocycles. The van der Waals surface area contributed by atoms with Crippen molar-refractivity contribution in [2.24, 2.45) is 11.1 Å². The Morgan fingerprint density at radius 3 is 2.30 bits per heavy atom. The van der Waals surface area contributed by atoms with Gasteiger partial charge in [-0.15, -0.1) is 0 Å². The van der Waals surface area contributed by atoms with E-state index in [1.165, 1.54) is 0 Å². The molecule has 1 saturated carbocycles. The van der Waals surface area contributed by atoms with E-state index in [-0.39, 0.29) is 5.41 Å². The van der Waals surface area contributed by atoms with E-state index in [1.54, 1.807) is 11.8 Å². The molecular formula is C6H9NO2S. The predicted octanol–water partition coefficient (Wildman–Crippen LogP) is -0.0946. The van der Waals surface area contributed by atoms with Crippen LogP contribution in [0.5, 0.6) is 0 Å². The SMILES string of the molecule is NC1(C(=O)O)CC12CSC2. The van der Waals surface area contributed by atoms with Crippen molar-refractivity contribution in [2.75, 3.05) is 11.5 Å². The number of carboxylic acid groups (broad SMARTS) is 1. The van der Waals surface area contributed by atoms with Crippen LogP contribution in [0, 0.1) is 5.41 Å². The van der Waals surface area contributed by atoms with Gasteiger partial charge in [0.2, 0.25) is 0 Å². The molecule has 1 atom stereocenters. The minimum absolute atomic E-state index is 0.0104. The Morgan fingerprint density at radius 1 is 1.60 bits per heavy atom. The van der Waals surface area contributed by atoms with Crippen molar-refractivity contribution in [1.82, 2.24) is 0 Å².